The largest absolute Gasteiger partial charge is 0.389 e. The number of carbonyl (C=O) groups is 2. The van der Waals surface area contributed by atoms with Crippen LogP contribution in [-0.4, -0.2) is 52.6 Å². The number of urea groups is 1. The third kappa shape index (κ3) is 5.43. The van der Waals surface area contributed by atoms with E-state index < -0.39 is 12.6 Å². The van der Waals surface area contributed by atoms with Crippen LogP contribution in [0.5, 0.6) is 0 Å². The summed E-state index contributed by atoms with van der Waals surface area (Å²) < 4.78 is 36.9. The van der Waals surface area contributed by atoms with E-state index in [0.29, 0.717) is 35.3 Å². The Bertz CT molecular complexity index is 872. The number of anilines is 1. The van der Waals surface area contributed by atoms with E-state index in [1.54, 1.807) is 25.4 Å². The fourth-order valence-electron chi connectivity index (χ4n) is 2.91. The number of nitrogens with zero attached hydrogens (tertiary/aromatic N) is 4. The molecule has 0 aromatic carbocycles. The smallest absolute Gasteiger partial charge is 0.347 e. The van der Waals surface area contributed by atoms with Crippen molar-refractivity contribution in [3.63, 3.8) is 0 Å². The molecule has 156 valence electrons. The molecular weight excluding hydrogens is 407 g/mol. The molecule has 0 unspecified atom stereocenters. The molecule has 7 nitrogen and oxygen atoms in total. The van der Waals surface area contributed by atoms with Crippen LogP contribution >= 0.6 is 11.3 Å². The van der Waals surface area contributed by atoms with Crippen molar-refractivity contribution in [3.05, 3.63) is 40.7 Å². The van der Waals surface area contributed by atoms with E-state index in [9.17, 15) is 22.8 Å². The van der Waals surface area contributed by atoms with Gasteiger partial charge < -0.3 is 10.2 Å². The van der Waals surface area contributed by atoms with E-state index in [0.717, 1.165) is 16.9 Å². The summed E-state index contributed by atoms with van der Waals surface area (Å²) in [6, 6.07) is 3.23. The summed E-state index contributed by atoms with van der Waals surface area (Å²) in [5.41, 5.74) is 1.35. The first-order chi connectivity index (χ1) is 13.7. The van der Waals surface area contributed by atoms with Crippen LogP contribution in [0.15, 0.2) is 24.5 Å². The first-order valence-electron chi connectivity index (χ1n) is 9.02. The Morgan fingerprint density at radius 1 is 1.34 bits per heavy atom. The average molecular weight is 427 g/mol. The lowest BCUT2D eigenvalue weighted by Crippen LogP contribution is -2.32. The zero-order valence-corrected chi connectivity index (χ0v) is 16.5. The maximum Gasteiger partial charge on any atom is 0.389 e. The van der Waals surface area contributed by atoms with Gasteiger partial charge in [0, 0.05) is 45.0 Å². The molecule has 0 atom stereocenters. The second-order valence-electron chi connectivity index (χ2n) is 6.59. The number of nitrogens with one attached hydrogen (secondary N) is 1. The lowest BCUT2D eigenvalue weighted by molar-refractivity contribution is -0.135. The topological polar surface area (TPSA) is 78.4 Å². The molecule has 11 heteroatoms. The van der Waals surface area contributed by atoms with Gasteiger partial charge in [0.25, 0.3) is 5.91 Å². The van der Waals surface area contributed by atoms with E-state index in [4.69, 9.17) is 0 Å². The average Bonchev–Trinajstić information content (AvgIpc) is 3.22. The van der Waals surface area contributed by atoms with Gasteiger partial charge in [-0.25, -0.2) is 9.78 Å². The van der Waals surface area contributed by atoms with Crippen LogP contribution in [0, 0.1) is 6.92 Å². The fourth-order valence-corrected chi connectivity index (χ4v) is 3.91. The van der Waals surface area contributed by atoms with Gasteiger partial charge in [0.15, 0.2) is 5.13 Å². The van der Waals surface area contributed by atoms with E-state index >= 15 is 0 Å². The first kappa shape index (κ1) is 21.0. The van der Waals surface area contributed by atoms with E-state index in [2.05, 4.69) is 15.3 Å². The minimum absolute atomic E-state index is 0.0393. The summed E-state index contributed by atoms with van der Waals surface area (Å²) in [7, 11) is 0. The molecule has 0 spiro atoms. The van der Waals surface area contributed by atoms with Crippen molar-refractivity contribution in [2.45, 2.75) is 32.5 Å². The predicted molar refractivity (Wildman–Crippen MR) is 102 cm³/mol. The Kier molecular flexibility index (Phi) is 6.36. The molecule has 0 radical (unpaired) electrons. The van der Waals surface area contributed by atoms with Crippen molar-refractivity contribution in [1.29, 1.82) is 0 Å². The summed E-state index contributed by atoms with van der Waals surface area (Å²) in [5, 5.41) is 3.17. The zero-order chi connectivity index (χ0) is 21.0. The second-order valence-corrected chi connectivity index (χ2v) is 7.57. The SMILES string of the molecule is Cc1nc(N2CCN(CCCC(F)(F)F)C2=O)sc1C(=O)NCc1cccnc1. The summed E-state index contributed by atoms with van der Waals surface area (Å²) in [5.74, 6) is -0.302. The number of thiazole rings is 1. The molecular formula is C18H20F3N5O2S. The summed E-state index contributed by atoms with van der Waals surface area (Å²) in [6.45, 7) is 2.69. The Morgan fingerprint density at radius 3 is 2.83 bits per heavy atom. The molecule has 3 amide bonds. The van der Waals surface area contributed by atoms with E-state index in [-0.39, 0.29) is 24.9 Å². The van der Waals surface area contributed by atoms with Crippen LogP contribution in [0.1, 0.15) is 33.8 Å². The first-order valence-corrected chi connectivity index (χ1v) is 9.84. The molecule has 0 aliphatic carbocycles. The molecule has 1 fully saturated rings. The lowest BCUT2D eigenvalue weighted by atomic mass is 10.3. The molecule has 1 aliphatic heterocycles. The fraction of sp³-hybridized carbons (Fsp3) is 0.444. The number of rotatable bonds is 7. The zero-order valence-electron chi connectivity index (χ0n) is 15.7. The van der Waals surface area contributed by atoms with Crippen LogP contribution in [0.4, 0.5) is 23.1 Å². The van der Waals surface area contributed by atoms with Crippen molar-refractivity contribution in [3.8, 4) is 0 Å². The number of amides is 3. The molecule has 0 bridgehead atoms. The van der Waals surface area contributed by atoms with Gasteiger partial charge in [0.1, 0.15) is 4.88 Å². The van der Waals surface area contributed by atoms with Gasteiger partial charge in [-0.1, -0.05) is 17.4 Å². The lowest BCUT2D eigenvalue weighted by Gasteiger charge is -2.17. The molecule has 29 heavy (non-hydrogen) atoms. The molecule has 1 N–H and O–H groups in total. The number of aromatic nitrogens is 2. The third-order valence-electron chi connectivity index (χ3n) is 4.38. The van der Waals surface area contributed by atoms with Crippen LogP contribution in [-0.2, 0) is 6.54 Å². The quantitative estimate of drug-likeness (QED) is 0.735. The van der Waals surface area contributed by atoms with Gasteiger partial charge in [-0.05, 0) is 25.0 Å². The van der Waals surface area contributed by atoms with Crippen molar-refractivity contribution < 1.29 is 22.8 Å². The van der Waals surface area contributed by atoms with Gasteiger partial charge in [-0.15, -0.1) is 0 Å². The highest BCUT2D eigenvalue weighted by molar-refractivity contribution is 7.17. The van der Waals surface area contributed by atoms with Gasteiger partial charge in [-0.3, -0.25) is 14.7 Å². The van der Waals surface area contributed by atoms with E-state index in [1.807, 2.05) is 6.07 Å². The maximum absolute atomic E-state index is 12.5. The molecule has 1 aliphatic rings. The van der Waals surface area contributed by atoms with Crippen molar-refractivity contribution in [1.82, 2.24) is 20.2 Å². The third-order valence-corrected chi connectivity index (χ3v) is 5.56. The van der Waals surface area contributed by atoms with E-state index in [1.165, 1.54) is 9.80 Å². The Labute approximate surface area is 169 Å². The Balaban J connectivity index is 1.59. The minimum atomic E-state index is -4.23. The summed E-state index contributed by atoms with van der Waals surface area (Å²) in [6.07, 6.45) is -1.99. The molecule has 2 aromatic heterocycles. The van der Waals surface area contributed by atoms with Gasteiger partial charge >= 0.3 is 12.2 Å². The minimum Gasteiger partial charge on any atom is -0.347 e. The molecule has 2 aromatic rings. The van der Waals surface area contributed by atoms with Crippen molar-refractivity contribution >= 4 is 28.4 Å². The highest BCUT2D eigenvalue weighted by Crippen LogP contribution is 2.29. The van der Waals surface area contributed by atoms with Crippen LogP contribution in [0.2, 0.25) is 0 Å². The molecule has 0 saturated carbocycles. The Hall–Kier alpha value is -2.69. The highest BCUT2D eigenvalue weighted by Gasteiger charge is 2.33. The Morgan fingerprint density at radius 2 is 2.14 bits per heavy atom. The van der Waals surface area contributed by atoms with Gasteiger partial charge in [0.2, 0.25) is 0 Å². The molecule has 3 heterocycles. The van der Waals surface area contributed by atoms with Crippen molar-refractivity contribution in [2.24, 2.45) is 0 Å². The standard InChI is InChI=1S/C18H20F3N5O2S/c1-12-14(15(27)23-11-13-4-2-6-22-10-13)29-16(24-12)26-9-8-25(17(26)28)7-3-5-18(19,20)21/h2,4,6,10H,3,5,7-9,11H2,1H3,(H,23,27). The maximum atomic E-state index is 12.5. The molecule has 1 saturated heterocycles. The monoisotopic (exact) mass is 427 g/mol. The van der Waals surface area contributed by atoms with Crippen molar-refractivity contribution in [2.75, 3.05) is 24.5 Å². The highest BCUT2D eigenvalue weighted by atomic mass is 32.1. The number of hydrogen-bond donors (Lipinski definition) is 1. The predicted octanol–water partition coefficient (Wildman–Crippen LogP) is 3.36. The van der Waals surface area contributed by atoms with Crippen LogP contribution < -0.4 is 10.2 Å². The summed E-state index contributed by atoms with van der Waals surface area (Å²) >= 11 is 1.09. The number of hydrogen-bond acceptors (Lipinski definition) is 5. The van der Waals surface area contributed by atoms with Crippen LogP contribution in [0.3, 0.4) is 0 Å². The number of carbonyl (C=O) groups excluding carboxylic acids is 2. The van der Waals surface area contributed by atoms with Gasteiger partial charge in [-0.2, -0.15) is 13.2 Å². The number of aryl methyl sites for hydroxylation is 1. The second kappa shape index (κ2) is 8.76. The summed E-state index contributed by atoms with van der Waals surface area (Å²) in [4.78, 5) is 36.4. The number of alkyl halides is 3. The number of pyridine rings is 1. The number of halogens is 3. The molecule has 3 rings (SSSR count). The van der Waals surface area contributed by atoms with Crippen LogP contribution in [0.25, 0.3) is 0 Å². The van der Waals surface area contributed by atoms with Gasteiger partial charge in [0.05, 0.1) is 5.69 Å². The normalized spacial score (nSPS) is 14.6.